The number of halogens is 1. The van der Waals surface area contributed by atoms with Crippen LogP contribution in [0.3, 0.4) is 0 Å². The van der Waals surface area contributed by atoms with E-state index in [2.05, 4.69) is 32.8 Å². The van der Waals surface area contributed by atoms with E-state index in [0.717, 1.165) is 40.3 Å². The lowest BCUT2D eigenvalue weighted by Crippen LogP contribution is -1.97. The molecule has 0 atom stereocenters. The summed E-state index contributed by atoms with van der Waals surface area (Å²) < 4.78 is 6.27. The molecule has 3 nitrogen and oxygen atoms in total. The van der Waals surface area contributed by atoms with Crippen molar-refractivity contribution >= 4 is 15.9 Å². The van der Waals surface area contributed by atoms with Crippen molar-refractivity contribution in [2.24, 2.45) is 0 Å². The fraction of sp³-hybridized carbons (Fsp3) is 0.333. The molecule has 0 N–H and O–H groups in total. The van der Waals surface area contributed by atoms with E-state index < -0.39 is 0 Å². The van der Waals surface area contributed by atoms with E-state index in [1.807, 2.05) is 37.3 Å². The maximum absolute atomic E-state index is 5.44. The second kappa shape index (κ2) is 6.66. The molecule has 0 aliphatic carbocycles. The molecule has 0 fully saturated rings. The molecular formula is C15H17BrN2O. The molecule has 0 aliphatic rings. The van der Waals surface area contributed by atoms with Gasteiger partial charge in [-0.3, -0.25) is 0 Å². The van der Waals surface area contributed by atoms with Gasteiger partial charge in [0.15, 0.2) is 0 Å². The number of nitrogens with zero attached hydrogens (tertiary/aromatic N) is 2. The van der Waals surface area contributed by atoms with Gasteiger partial charge in [-0.15, -0.1) is 0 Å². The van der Waals surface area contributed by atoms with Crippen LogP contribution in [0.4, 0.5) is 0 Å². The summed E-state index contributed by atoms with van der Waals surface area (Å²) in [4.78, 5) is 8.96. The normalized spacial score (nSPS) is 10.5. The molecule has 1 aromatic carbocycles. The molecule has 0 amide bonds. The van der Waals surface area contributed by atoms with Crippen molar-refractivity contribution in [2.45, 2.75) is 26.7 Å². The van der Waals surface area contributed by atoms with E-state index in [1.54, 1.807) is 0 Å². The van der Waals surface area contributed by atoms with Crippen LogP contribution in [-0.2, 0) is 6.42 Å². The number of benzene rings is 1. The molecule has 100 valence electrons. The van der Waals surface area contributed by atoms with Crippen LogP contribution in [0, 0.1) is 0 Å². The highest BCUT2D eigenvalue weighted by Crippen LogP contribution is 2.23. The Morgan fingerprint density at radius 1 is 1.11 bits per heavy atom. The fourth-order valence-electron chi connectivity index (χ4n) is 1.84. The second-order valence-electron chi connectivity index (χ2n) is 4.20. The summed E-state index contributed by atoms with van der Waals surface area (Å²) in [5.41, 5.74) is 2.01. The smallest absolute Gasteiger partial charge is 0.130 e. The molecule has 1 heterocycles. The van der Waals surface area contributed by atoms with Crippen LogP contribution in [0.5, 0.6) is 5.75 Å². The lowest BCUT2D eigenvalue weighted by molar-refractivity contribution is 0.340. The van der Waals surface area contributed by atoms with Gasteiger partial charge in [-0.05, 0) is 59.6 Å². The minimum Gasteiger partial charge on any atom is -0.494 e. The van der Waals surface area contributed by atoms with Gasteiger partial charge in [0.2, 0.25) is 0 Å². The Labute approximate surface area is 122 Å². The summed E-state index contributed by atoms with van der Waals surface area (Å²) in [6, 6.07) is 9.92. The topological polar surface area (TPSA) is 35.0 Å². The quantitative estimate of drug-likeness (QED) is 0.772. The molecule has 0 spiro atoms. The third kappa shape index (κ3) is 3.77. The average Bonchev–Trinajstić information content (AvgIpc) is 2.40. The molecule has 2 rings (SSSR count). The largest absolute Gasteiger partial charge is 0.494 e. The average molecular weight is 321 g/mol. The zero-order chi connectivity index (χ0) is 13.7. The minimum atomic E-state index is 0.680. The van der Waals surface area contributed by atoms with Gasteiger partial charge >= 0.3 is 0 Å². The van der Waals surface area contributed by atoms with Crippen LogP contribution < -0.4 is 4.74 Å². The van der Waals surface area contributed by atoms with Gasteiger partial charge in [0.1, 0.15) is 16.2 Å². The summed E-state index contributed by atoms with van der Waals surface area (Å²) in [5.74, 6) is 1.76. The number of aryl methyl sites for hydroxylation is 1. The minimum absolute atomic E-state index is 0.680. The molecule has 0 bridgehead atoms. The molecule has 19 heavy (non-hydrogen) atoms. The van der Waals surface area contributed by atoms with Crippen LogP contribution in [0.2, 0.25) is 0 Å². The zero-order valence-electron chi connectivity index (χ0n) is 11.2. The lowest BCUT2D eigenvalue weighted by Gasteiger charge is -2.06. The predicted octanol–water partition coefficient (Wildman–Crippen LogP) is 4.26. The molecule has 2 aromatic rings. The van der Waals surface area contributed by atoms with Crippen LogP contribution in [0.15, 0.2) is 34.9 Å². The number of hydrogen-bond donors (Lipinski definition) is 0. The lowest BCUT2D eigenvalue weighted by atomic mass is 10.1. The highest BCUT2D eigenvalue weighted by atomic mass is 79.9. The Kier molecular flexibility index (Phi) is 4.91. The maximum Gasteiger partial charge on any atom is 0.130 e. The van der Waals surface area contributed by atoms with Crippen molar-refractivity contribution in [3.05, 3.63) is 40.8 Å². The van der Waals surface area contributed by atoms with Crippen LogP contribution in [0.25, 0.3) is 11.3 Å². The molecular weight excluding hydrogens is 304 g/mol. The molecule has 0 unspecified atom stereocenters. The SMILES string of the molecule is CCCc1nc(Br)cc(-c2ccc(OCC)cc2)n1. The zero-order valence-corrected chi connectivity index (χ0v) is 12.8. The summed E-state index contributed by atoms with van der Waals surface area (Å²) in [6.07, 6.45) is 1.93. The van der Waals surface area contributed by atoms with Crippen LogP contribution >= 0.6 is 15.9 Å². The van der Waals surface area contributed by atoms with Crippen molar-refractivity contribution in [1.82, 2.24) is 9.97 Å². The van der Waals surface area contributed by atoms with Gasteiger partial charge in [0, 0.05) is 12.0 Å². The molecule has 0 saturated carbocycles. The number of hydrogen-bond acceptors (Lipinski definition) is 3. The van der Waals surface area contributed by atoms with Crippen molar-refractivity contribution in [3.8, 4) is 17.0 Å². The molecule has 0 saturated heterocycles. The molecule has 0 aliphatic heterocycles. The van der Waals surface area contributed by atoms with E-state index in [4.69, 9.17) is 4.74 Å². The van der Waals surface area contributed by atoms with E-state index in [1.165, 1.54) is 0 Å². The van der Waals surface area contributed by atoms with E-state index in [-0.39, 0.29) is 0 Å². The predicted molar refractivity (Wildman–Crippen MR) is 80.3 cm³/mol. The van der Waals surface area contributed by atoms with Gasteiger partial charge in [-0.2, -0.15) is 0 Å². The second-order valence-corrected chi connectivity index (χ2v) is 5.01. The first-order valence-corrected chi connectivity index (χ1v) is 7.29. The number of aromatic nitrogens is 2. The van der Waals surface area contributed by atoms with Crippen molar-refractivity contribution < 1.29 is 4.74 Å². The van der Waals surface area contributed by atoms with Gasteiger partial charge in [-0.1, -0.05) is 6.92 Å². The number of rotatable bonds is 5. The third-order valence-corrected chi connectivity index (χ3v) is 3.08. The fourth-order valence-corrected chi connectivity index (χ4v) is 2.26. The summed E-state index contributed by atoms with van der Waals surface area (Å²) in [5, 5.41) is 0. The molecule has 1 aromatic heterocycles. The van der Waals surface area contributed by atoms with Crippen molar-refractivity contribution in [1.29, 1.82) is 0 Å². The van der Waals surface area contributed by atoms with Crippen molar-refractivity contribution in [3.63, 3.8) is 0 Å². The highest BCUT2D eigenvalue weighted by Gasteiger charge is 2.05. The summed E-state index contributed by atoms with van der Waals surface area (Å²) in [7, 11) is 0. The highest BCUT2D eigenvalue weighted by molar-refractivity contribution is 9.10. The Balaban J connectivity index is 2.29. The maximum atomic E-state index is 5.44. The van der Waals surface area contributed by atoms with Gasteiger partial charge in [-0.25, -0.2) is 9.97 Å². The Morgan fingerprint density at radius 2 is 1.84 bits per heavy atom. The first-order valence-electron chi connectivity index (χ1n) is 6.49. The first-order chi connectivity index (χ1) is 9.22. The Hall–Kier alpha value is -1.42. The van der Waals surface area contributed by atoms with Crippen molar-refractivity contribution in [2.75, 3.05) is 6.61 Å². The molecule has 4 heteroatoms. The van der Waals surface area contributed by atoms with Crippen LogP contribution in [-0.4, -0.2) is 16.6 Å². The molecule has 0 radical (unpaired) electrons. The third-order valence-electron chi connectivity index (χ3n) is 2.68. The summed E-state index contributed by atoms with van der Waals surface area (Å²) in [6.45, 7) is 4.78. The van der Waals surface area contributed by atoms with Gasteiger partial charge in [0.05, 0.1) is 12.3 Å². The Morgan fingerprint density at radius 3 is 2.47 bits per heavy atom. The van der Waals surface area contributed by atoms with E-state index in [0.29, 0.717) is 6.61 Å². The van der Waals surface area contributed by atoms with E-state index >= 15 is 0 Å². The van der Waals surface area contributed by atoms with Crippen LogP contribution in [0.1, 0.15) is 26.1 Å². The van der Waals surface area contributed by atoms with E-state index in [9.17, 15) is 0 Å². The van der Waals surface area contributed by atoms with Gasteiger partial charge < -0.3 is 4.74 Å². The Bertz CT molecular complexity index is 540. The standard InChI is InChI=1S/C15H17BrN2O/c1-3-5-15-17-13(10-14(16)18-15)11-6-8-12(9-7-11)19-4-2/h6-10H,3-5H2,1-2H3. The number of ether oxygens (including phenoxy) is 1. The first kappa shape index (κ1) is 14.0. The monoisotopic (exact) mass is 320 g/mol. The summed E-state index contributed by atoms with van der Waals surface area (Å²) >= 11 is 3.44. The van der Waals surface area contributed by atoms with Gasteiger partial charge in [0.25, 0.3) is 0 Å².